The minimum absolute atomic E-state index is 0.177. The van der Waals surface area contributed by atoms with Crippen LogP contribution in [-0.4, -0.2) is 44.7 Å². The van der Waals surface area contributed by atoms with Crippen molar-refractivity contribution in [2.45, 2.75) is 18.3 Å². The van der Waals surface area contributed by atoms with Crippen molar-refractivity contribution >= 4 is 0 Å². The van der Waals surface area contributed by atoms with Crippen LogP contribution >= 0.6 is 0 Å². The number of hydrogen-bond acceptors (Lipinski definition) is 4. The van der Waals surface area contributed by atoms with Crippen LogP contribution in [0.1, 0.15) is 0 Å². The summed E-state index contributed by atoms with van der Waals surface area (Å²) >= 11 is 0. The van der Waals surface area contributed by atoms with Crippen LogP contribution in [0.2, 0.25) is 0 Å². The molecule has 1 unspecified atom stereocenters. The third-order valence-corrected chi connectivity index (χ3v) is 2.54. The predicted molar refractivity (Wildman–Crippen MR) is 74.9 cm³/mol. The lowest BCUT2D eigenvalue weighted by atomic mass is 10.1. The quantitative estimate of drug-likeness (QED) is 0.449. The fraction of sp³-hybridized carbons (Fsp3) is 0.467. The van der Waals surface area contributed by atoms with Gasteiger partial charge in [-0.15, -0.1) is 19.7 Å². The highest BCUT2D eigenvalue weighted by atomic mass is 16.6. The van der Waals surface area contributed by atoms with Gasteiger partial charge in [0.2, 0.25) is 0 Å². The Labute approximate surface area is 115 Å². The van der Waals surface area contributed by atoms with Gasteiger partial charge >= 0.3 is 0 Å². The lowest BCUT2D eigenvalue weighted by Crippen LogP contribution is -2.46. The van der Waals surface area contributed by atoms with E-state index in [1.807, 2.05) is 6.08 Å². The average molecular weight is 266 g/mol. The van der Waals surface area contributed by atoms with Gasteiger partial charge in [0.25, 0.3) is 0 Å². The molecule has 0 amide bonds. The molecular formula is C15H22O4. The zero-order chi connectivity index (χ0) is 13.9. The van der Waals surface area contributed by atoms with Crippen molar-refractivity contribution in [1.82, 2.24) is 0 Å². The molecule has 1 rings (SSSR count). The van der Waals surface area contributed by atoms with E-state index in [-0.39, 0.29) is 18.3 Å². The Morgan fingerprint density at radius 2 is 1.68 bits per heavy atom. The minimum atomic E-state index is -0.229. The van der Waals surface area contributed by atoms with Crippen LogP contribution in [0.3, 0.4) is 0 Å². The first-order valence-corrected chi connectivity index (χ1v) is 6.29. The lowest BCUT2D eigenvalue weighted by Gasteiger charge is -2.34. The predicted octanol–water partition coefficient (Wildman–Crippen LogP) is 2.24. The molecule has 0 aromatic heterocycles. The van der Waals surface area contributed by atoms with E-state index >= 15 is 0 Å². The Morgan fingerprint density at radius 1 is 1.00 bits per heavy atom. The highest BCUT2D eigenvalue weighted by molar-refractivity contribution is 4.99. The van der Waals surface area contributed by atoms with Crippen molar-refractivity contribution < 1.29 is 18.9 Å². The molecule has 0 fully saturated rings. The van der Waals surface area contributed by atoms with Crippen molar-refractivity contribution in [3.05, 3.63) is 50.3 Å². The second-order valence-electron chi connectivity index (χ2n) is 4.00. The number of hydrogen-bond donors (Lipinski definition) is 0. The molecule has 0 saturated heterocycles. The Balaban J connectivity index is 2.59. The van der Waals surface area contributed by atoms with Gasteiger partial charge in [0, 0.05) is 0 Å². The van der Waals surface area contributed by atoms with Gasteiger partial charge in [-0.05, 0) is 6.08 Å². The zero-order valence-corrected chi connectivity index (χ0v) is 11.2. The molecule has 0 aromatic rings. The smallest absolute Gasteiger partial charge is 0.150 e. The van der Waals surface area contributed by atoms with Gasteiger partial charge < -0.3 is 18.9 Å². The van der Waals surface area contributed by atoms with Crippen molar-refractivity contribution in [3.8, 4) is 0 Å². The third-order valence-electron chi connectivity index (χ3n) is 2.54. The van der Waals surface area contributed by atoms with Gasteiger partial charge in [-0.3, -0.25) is 0 Å². The van der Waals surface area contributed by atoms with Crippen LogP contribution in [0.25, 0.3) is 0 Å². The Morgan fingerprint density at radius 3 is 2.37 bits per heavy atom. The van der Waals surface area contributed by atoms with Gasteiger partial charge in [0.15, 0.2) is 0 Å². The summed E-state index contributed by atoms with van der Waals surface area (Å²) in [7, 11) is 0. The summed E-state index contributed by atoms with van der Waals surface area (Å²) in [6.45, 7) is 12.7. The SMILES string of the molecule is C=CCOCC1OC=C[C@H](OCC=C)[C@@H]1OCC=C. The van der Waals surface area contributed by atoms with Gasteiger partial charge in [-0.1, -0.05) is 18.2 Å². The maximum atomic E-state index is 5.73. The highest BCUT2D eigenvalue weighted by Crippen LogP contribution is 2.19. The van der Waals surface area contributed by atoms with E-state index in [1.165, 1.54) is 0 Å². The minimum Gasteiger partial charge on any atom is -0.493 e. The largest absolute Gasteiger partial charge is 0.493 e. The first-order chi connectivity index (χ1) is 9.33. The monoisotopic (exact) mass is 266 g/mol. The van der Waals surface area contributed by atoms with Crippen molar-refractivity contribution in [2.24, 2.45) is 0 Å². The van der Waals surface area contributed by atoms with Crippen molar-refractivity contribution in [2.75, 3.05) is 26.4 Å². The summed E-state index contributed by atoms with van der Waals surface area (Å²) in [5, 5.41) is 0. The molecule has 0 saturated carbocycles. The van der Waals surface area contributed by atoms with Crippen molar-refractivity contribution in [3.63, 3.8) is 0 Å². The summed E-state index contributed by atoms with van der Waals surface area (Å²) in [5.74, 6) is 0. The number of ether oxygens (including phenoxy) is 4. The molecule has 0 spiro atoms. The lowest BCUT2D eigenvalue weighted by molar-refractivity contribution is -0.128. The topological polar surface area (TPSA) is 36.9 Å². The molecule has 106 valence electrons. The van der Waals surface area contributed by atoms with Crippen LogP contribution in [0.5, 0.6) is 0 Å². The standard InChI is InChI=1S/C15H22O4/c1-4-8-16-12-14-15(19-10-6-3)13(7-11-18-14)17-9-5-2/h4-7,11,13-15H,1-3,8-10,12H2/t13-,14?,15-/m0/s1. The fourth-order valence-electron chi connectivity index (χ4n) is 1.73. The molecule has 1 aliphatic heterocycles. The molecule has 19 heavy (non-hydrogen) atoms. The van der Waals surface area contributed by atoms with E-state index in [0.717, 1.165) is 0 Å². The summed E-state index contributed by atoms with van der Waals surface area (Å²) < 4.78 is 22.4. The second kappa shape index (κ2) is 9.55. The number of rotatable bonds is 10. The van der Waals surface area contributed by atoms with Crippen LogP contribution in [0.15, 0.2) is 50.3 Å². The fourth-order valence-corrected chi connectivity index (χ4v) is 1.73. The molecule has 0 aliphatic carbocycles. The first kappa shape index (κ1) is 15.7. The van der Waals surface area contributed by atoms with Gasteiger partial charge in [-0.2, -0.15) is 0 Å². The van der Waals surface area contributed by atoms with E-state index in [4.69, 9.17) is 18.9 Å². The normalized spacial score (nSPS) is 25.6. The Bertz CT molecular complexity index is 311. The van der Waals surface area contributed by atoms with Crippen molar-refractivity contribution in [1.29, 1.82) is 0 Å². The molecule has 3 atom stereocenters. The zero-order valence-electron chi connectivity index (χ0n) is 11.2. The third kappa shape index (κ3) is 5.42. The molecular weight excluding hydrogens is 244 g/mol. The molecule has 0 radical (unpaired) electrons. The van der Waals surface area contributed by atoms with Crippen LogP contribution in [0.4, 0.5) is 0 Å². The summed E-state index contributed by atoms with van der Waals surface area (Å²) in [6, 6.07) is 0. The van der Waals surface area contributed by atoms with Gasteiger partial charge in [0.05, 0.1) is 32.7 Å². The van der Waals surface area contributed by atoms with Crippen LogP contribution in [-0.2, 0) is 18.9 Å². The molecule has 1 heterocycles. The molecule has 0 bridgehead atoms. The van der Waals surface area contributed by atoms with E-state index in [0.29, 0.717) is 26.4 Å². The first-order valence-electron chi connectivity index (χ1n) is 6.29. The second-order valence-corrected chi connectivity index (χ2v) is 4.00. The van der Waals surface area contributed by atoms with Crippen LogP contribution < -0.4 is 0 Å². The summed E-state index contributed by atoms with van der Waals surface area (Å²) in [4.78, 5) is 0. The van der Waals surface area contributed by atoms with Crippen LogP contribution in [0, 0.1) is 0 Å². The summed E-state index contributed by atoms with van der Waals surface area (Å²) in [5.41, 5.74) is 0. The van der Waals surface area contributed by atoms with E-state index < -0.39 is 0 Å². The molecule has 4 heteroatoms. The van der Waals surface area contributed by atoms with E-state index in [9.17, 15) is 0 Å². The Hall–Kier alpha value is -1.36. The average Bonchev–Trinajstić information content (AvgIpc) is 2.44. The molecule has 4 nitrogen and oxygen atoms in total. The van der Waals surface area contributed by atoms with E-state index in [1.54, 1.807) is 24.5 Å². The maximum absolute atomic E-state index is 5.73. The molecule has 0 N–H and O–H groups in total. The van der Waals surface area contributed by atoms with Gasteiger partial charge in [0.1, 0.15) is 18.3 Å². The molecule has 1 aliphatic rings. The maximum Gasteiger partial charge on any atom is 0.150 e. The highest BCUT2D eigenvalue weighted by Gasteiger charge is 2.33. The molecule has 0 aromatic carbocycles. The Kier molecular flexibility index (Phi) is 7.89. The van der Waals surface area contributed by atoms with E-state index in [2.05, 4.69) is 19.7 Å². The summed E-state index contributed by atoms with van der Waals surface area (Å²) in [6.07, 6.45) is 7.95. The van der Waals surface area contributed by atoms with Gasteiger partial charge in [-0.25, -0.2) is 0 Å².